The van der Waals surface area contributed by atoms with E-state index in [1.54, 1.807) is 7.11 Å². The molecule has 4 N–H and O–H groups in total. The molecule has 10 heterocycles. The first kappa shape index (κ1) is 42.3. The predicted molar refractivity (Wildman–Crippen MR) is 204 cm³/mol. The van der Waals surface area contributed by atoms with Gasteiger partial charge in [-0.15, -0.1) is 0 Å². The van der Waals surface area contributed by atoms with Crippen LogP contribution in [0.15, 0.2) is 24.3 Å². The smallest absolute Gasteiger partial charge is 0.261 e. The molecule has 0 unspecified atom stereocenters. The van der Waals surface area contributed by atoms with Gasteiger partial charge in [-0.2, -0.15) is 8.42 Å². The van der Waals surface area contributed by atoms with Gasteiger partial charge in [-0.3, -0.25) is 9.35 Å². The Balaban J connectivity index is 0.000000859. The third kappa shape index (κ3) is 9.00. The van der Waals surface area contributed by atoms with Crippen molar-refractivity contribution >= 4 is 15.9 Å². The number of ketones is 1. The van der Waals surface area contributed by atoms with Crippen LogP contribution in [0.1, 0.15) is 90.4 Å². The van der Waals surface area contributed by atoms with E-state index in [2.05, 4.69) is 20.1 Å². The standard InChI is InChI=1S/C40H59NO11.CH4O3S/c1-19-11-24-5-7-28-20(2)12-26(45-28)9-10-40-17-33-36(51-40)37-38(50-33)39(52-40)35-29(49-37)8-6-25(47-35)13-22(42)14-27-31(16-30(46-24)21(19)3)48-32(34(27)44-4)15-23(43)18-41;1-5(2,3)4/h19,23-39,43H,2-3,5-18,41H2,1,4H3;1H3,(H,2,3,4)/t19-,23+,24+,25-,26+,27+,28+,29-,30-,31+,32-,33-,34-,35+,36+,37+,38-,39+,40+;/m1./s1. The van der Waals surface area contributed by atoms with Crippen molar-refractivity contribution < 1.29 is 65.5 Å². The number of methoxy groups -OCH3 is 1. The number of aliphatic hydroxyl groups is 1. The van der Waals surface area contributed by atoms with E-state index in [4.69, 9.17) is 52.9 Å². The molecule has 15 nitrogen and oxygen atoms in total. The first-order chi connectivity index (χ1) is 27.1. The summed E-state index contributed by atoms with van der Waals surface area (Å²) in [5, 5.41) is 10.5. The lowest BCUT2D eigenvalue weighted by atomic mass is 9.81. The van der Waals surface area contributed by atoms with E-state index in [0.717, 1.165) is 56.1 Å². The molecular formula is C41H63NO14S. The minimum absolute atomic E-state index is 0.0158. The van der Waals surface area contributed by atoms with Crippen LogP contribution in [0.3, 0.4) is 0 Å². The number of hydrogen-bond donors (Lipinski definition) is 3. The Hall–Kier alpha value is -1.38. The van der Waals surface area contributed by atoms with Crippen LogP contribution in [-0.4, -0.2) is 147 Å². The maximum atomic E-state index is 14.1. The van der Waals surface area contributed by atoms with Crippen LogP contribution in [0.2, 0.25) is 0 Å². The Morgan fingerprint density at radius 2 is 1.51 bits per heavy atom. The number of nitrogens with two attached hydrogens (primary N) is 1. The second kappa shape index (κ2) is 16.8. The Morgan fingerprint density at radius 1 is 0.825 bits per heavy atom. The Bertz CT molecular complexity index is 1600. The SMILES string of the molecule is C=C1C[C@@H]2CC[C@@]34C[C@H]5O[C@@H]6[C@@H](O[C@@H]7CC[C@H](CC(=O)C[C@@H]8[C@@H](OC)[C@@H](C[C@H](O)CN)O[C@H]8C[C@H]8O[C@@H](CC[C@@H]1O2)C[C@@H](C)C8=C)O[C@@H]7[C@@H]6O3)[C@H]5O4.CS(=O)(=O)O. The fourth-order valence-corrected chi connectivity index (χ4v) is 11.3. The van der Waals surface area contributed by atoms with E-state index >= 15 is 0 Å². The van der Waals surface area contributed by atoms with Gasteiger partial charge in [-0.25, -0.2) is 0 Å². The molecule has 322 valence electrons. The molecule has 16 heteroatoms. The average Bonchev–Trinajstić information content (AvgIpc) is 3.82. The van der Waals surface area contributed by atoms with Crippen molar-refractivity contribution in [2.45, 2.75) is 194 Å². The number of Topliss-reactive ketones (excluding diaryl/α,β-unsaturated/α-hetero) is 1. The van der Waals surface area contributed by atoms with Crippen molar-refractivity contribution in [1.29, 1.82) is 0 Å². The Morgan fingerprint density at radius 3 is 2.26 bits per heavy atom. The number of aliphatic hydroxyl groups excluding tert-OH is 1. The Kier molecular flexibility index (Phi) is 12.5. The first-order valence-electron chi connectivity index (χ1n) is 21.1. The maximum absolute atomic E-state index is 14.1. The summed E-state index contributed by atoms with van der Waals surface area (Å²) in [4.78, 5) is 14.1. The van der Waals surface area contributed by atoms with Gasteiger partial charge in [0.05, 0.1) is 73.4 Å². The lowest BCUT2D eigenvalue weighted by Gasteiger charge is -2.47. The predicted octanol–water partition coefficient (Wildman–Crippen LogP) is 2.94. The molecular weight excluding hydrogens is 763 g/mol. The molecule has 10 aliphatic rings. The largest absolute Gasteiger partial charge is 0.392 e. The average molecular weight is 826 g/mol. The van der Waals surface area contributed by atoms with Crippen LogP contribution < -0.4 is 5.73 Å². The zero-order valence-electron chi connectivity index (χ0n) is 33.5. The van der Waals surface area contributed by atoms with Crippen molar-refractivity contribution in [3.63, 3.8) is 0 Å². The van der Waals surface area contributed by atoms with Gasteiger partial charge >= 0.3 is 0 Å². The minimum atomic E-state index is -3.67. The monoisotopic (exact) mass is 825 g/mol. The maximum Gasteiger partial charge on any atom is 0.261 e. The van der Waals surface area contributed by atoms with E-state index in [-0.39, 0.29) is 122 Å². The lowest BCUT2D eigenvalue weighted by Crippen LogP contribution is -2.61. The highest BCUT2D eigenvalue weighted by Gasteiger charge is 2.68. The van der Waals surface area contributed by atoms with Crippen molar-refractivity contribution in [2.24, 2.45) is 17.6 Å². The third-order valence-corrected chi connectivity index (χ3v) is 14.0. The van der Waals surface area contributed by atoms with Crippen LogP contribution in [0.25, 0.3) is 0 Å². The summed E-state index contributed by atoms with van der Waals surface area (Å²) in [7, 11) is -2.01. The van der Waals surface area contributed by atoms with Gasteiger partial charge < -0.3 is 53.5 Å². The molecule has 12 bridgehead atoms. The summed E-state index contributed by atoms with van der Waals surface area (Å²) in [6.45, 7) is 11.3. The highest BCUT2D eigenvalue weighted by Crippen LogP contribution is 2.54. The van der Waals surface area contributed by atoms with Gasteiger partial charge in [0.15, 0.2) is 5.79 Å². The van der Waals surface area contributed by atoms with Crippen LogP contribution in [0.4, 0.5) is 0 Å². The second-order valence-electron chi connectivity index (χ2n) is 18.2. The van der Waals surface area contributed by atoms with Gasteiger partial charge in [-0.05, 0) is 62.0 Å². The minimum Gasteiger partial charge on any atom is -0.392 e. The molecule has 19 atom stereocenters. The summed E-state index contributed by atoms with van der Waals surface area (Å²) in [5.74, 6) is -0.619. The molecule has 0 aromatic heterocycles. The number of fused-ring (bicyclic) bond motifs is 6. The molecule has 10 fully saturated rings. The van der Waals surface area contributed by atoms with Crippen molar-refractivity contribution in [3.8, 4) is 0 Å². The molecule has 10 rings (SSSR count). The number of ether oxygens (including phenoxy) is 9. The van der Waals surface area contributed by atoms with Crippen LogP contribution in [0, 0.1) is 11.8 Å². The van der Waals surface area contributed by atoms with Crippen LogP contribution in [0.5, 0.6) is 0 Å². The van der Waals surface area contributed by atoms with E-state index in [9.17, 15) is 18.3 Å². The summed E-state index contributed by atoms with van der Waals surface area (Å²) >= 11 is 0. The zero-order chi connectivity index (χ0) is 40.4. The van der Waals surface area contributed by atoms with Gasteiger partial charge in [-0.1, -0.05) is 20.1 Å². The van der Waals surface area contributed by atoms with Crippen molar-refractivity contribution in [1.82, 2.24) is 0 Å². The van der Waals surface area contributed by atoms with Crippen molar-refractivity contribution in [2.75, 3.05) is 19.9 Å². The summed E-state index contributed by atoms with van der Waals surface area (Å²) in [6, 6.07) is 0. The Labute approximate surface area is 336 Å². The molecule has 0 aromatic rings. The van der Waals surface area contributed by atoms with Gasteiger partial charge in [0.2, 0.25) is 0 Å². The second-order valence-corrected chi connectivity index (χ2v) is 19.6. The van der Waals surface area contributed by atoms with E-state index in [1.807, 2.05) is 0 Å². The topological polar surface area (TPSA) is 201 Å². The third-order valence-electron chi connectivity index (χ3n) is 14.0. The van der Waals surface area contributed by atoms with Gasteiger partial charge in [0.1, 0.15) is 36.3 Å². The molecule has 10 aliphatic heterocycles. The van der Waals surface area contributed by atoms with Gasteiger partial charge in [0, 0.05) is 58.1 Å². The molecule has 0 amide bonds. The van der Waals surface area contributed by atoms with E-state index < -0.39 is 28.1 Å². The molecule has 1 spiro atoms. The zero-order valence-corrected chi connectivity index (χ0v) is 34.3. The van der Waals surface area contributed by atoms with Crippen molar-refractivity contribution in [3.05, 3.63) is 24.3 Å². The highest BCUT2D eigenvalue weighted by molar-refractivity contribution is 7.85. The quantitative estimate of drug-likeness (QED) is 0.276. The van der Waals surface area contributed by atoms with E-state index in [1.165, 1.54) is 0 Å². The molecule has 57 heavy (non-hydrogen) atoms. The number of carbonyl (C=O) groups excluding carboxylic acids is 1. The summed E-state index contributed by atoms with van der Waals surface area (Å²) in [5.41, 5.74) is 8.01. The fraction of sp³-hybridized carbons (Fsp3) is 0.878. The van der Waals surface area contributed by atoms with Gasteiger partial charge in [0.25, 0.3) is 10.1 Å². The number of carbonyl (C=O) groups is 1. The highest BCUT2D eigenvalue weighted by atomic mass is 32.2. The normalized spacial score (nSPS) is 48.8. The molecule has 0 saturated carbocycles. The summed E-state index contributed by atoms with van der Waals surface area (Å²) < 4.78 is 85.9. The first-order valence-corrected chi connectivity index (χ1v) is 22.9. The molecule has 0 radical (unpaired) electrons. The molecule has 10 saturated heterocycles. The summed E-state index contributed by atoms with van der Waals surface area (Å²) in [6.07, 6.45) is 5.57. The fourth-order valence-electron chi connectivity index (χ4n) is 11.3. The van der Waals surface area contributed by atoms with Crippen LogP contribution >= 0.6 is 0 Å². The lowest BCUT2D eigenvalue weighted by molar-refractivity contribution is -0.292. The van der Waals surface area contributed by atoms with Crippen LogP contribution in [-0.2, 0) is 57.5 Å². The molecule has 0 aliphatic carbocycles. The molecule has 0 aromatic carbocycles. The van der Waals surface area contributed by atoms with E-state index in [0.29, 0.717) is 31.9 Å². The number of hydrogen-bond acceptors (Lipinski definition) is 14. The number of rotatable bonds is 4.